The zero-order valence-electron chi connectivity index (χ0n) is 9.49. The molecule has 0 heterocycles. The van der Waals surface area contributed by atoms with Gasteiger partial charge in [0.15, 0.2) is 5.17 Å². The number of nitrogens with two attached hydrogens (primary N) is 1. The Balaban J connectivity index is 0.00000289. The van der Waals surface area contributed by atoms with Crippen molar-refractivity contribution in [1.29, 1.82) is 0 Å². The maximum absolute atomic E-state index is 10.7. The number of nitrogens with zero attached hydrogens (tertiary/aromatic N) is 2. The van der Waals surface area contributed by atoms with Crippen molar-refractivity contribution >= 4 is 29.1 Å². The number of carbonyl (C=O) groups is 1. The number of rotatable bonds is 3. The van der Waals surface area contributed by atoms with Gasteiger partial charge >= 0.3 is 5.97 Å². The van der Waals surface area contributed by atoms with Crippen molar-refractivity contribution in [3.05, 3.63) is 29.3 Å². The summed E-state index contributed by atoms with van der Waals surface area (Å²) in [6.07, 6.45) is 2.99. The molecule has 8 heteroatoms. The first-order valence-electron chi connectivity index (χ1n) is 4.52. The van der Waals surface area contributed by atoms with Gasteiger partial charge < -0.3 is 21.4 Å². The van der Waals surface area contributed by atoms with E-state index in [2.05, 4.69) is 10.2 Å². The Morgan fingerprint density at radius 3 is 2.72 bits per heavy atom. The number of thioether (sulfide) groups is 1. The highest BCUT2D eigenvalue weighted by Gasteiger charge is 2.11. The molecule has 1 aromatic carbocycles. The Labute approximate surface area is 107 Å². The van der Waals surface area contributed by atoms with E-state index >= 15 is 0 Å². The number of amidine groups is 1. The van der Waals surface area contributed by atoms with Crippen molar-refractivity contribution < 1.29 is 20.5 Å². The van der Waals surface area contributed by atoms with Crippen molar-refractivity contribution in [2.45, 2.75) is 0 Å². The van der Waals surface area contributed by atoms with Crippen LogP contribution in [-0.4, -0.2) is 39.3 Å². The van der Waals surface area contributed by atoms with Crippen molar-refractivity contribution in [3.63, 3.8) is 0 Å². The number of benzene rings is 1. The van der Waals surface area contributed by atoms with Gasteiger partial charge in [0, 0.05) is 5.56 Å². The lowest BCUT2D eigenvalue weighted by molar-refractivity contribution is 0.0693. The fourth-order valence-corrected chi connectivity index (χ4v) is 1.16. The number of phenols is 1. The molecule has 0 spiro atoms. The Bertz CT molecular complexity index is 488. The standard InChI is InChI=1S/C10H11N3O3S.H2O/c1-17-10(11)13-12-5-6-3-2-4-7(8(6)14)9(15)16;/h2-5,14H,1H3,(H2,11,13)(H,15,16);1H2. The summed E-state index contributed by atoms with van der Waals surface area (Å²) in [5.74, 6) is -1.55. The van der Waals surface area contributed by atoms with Gasteiger partial charge in [0.1, 0.15) is 11.3 Å². The van der Waals surface area contributed by atoms with E-state index in [0.29, 0.717) is 0 Å². The van der Waals surface area contributed by atoms with Gasteiger partial charge in [-0.3, -0.25) is 0 Å². The second-order valence-electron chi connectivity index (χ2n) is 2.94. The fraction of sp³-hybridized carbons (Fsp3) is 0.100. The van der Waals surface area contributed by atoms with Crippen LogP contribution in [0.25, 0.3) is 0 Å². The Kier molecular flexibility index (Phi) is 6.47. The van der Waals surface area contributed by atoms with Crippen molar-refractivity contribution in [3.8, 4) is 5.75 Å². The zero-order chi connectivity index (χ0) is 12.8. The lowest BCUT2D eigenvalue weighted by atomic mass is 10.1. The predicted molar refractivity (Wildman–Crippen MR) is 71.4 cm³/mol. The minimum absolute atomic E-state index is 0. The van der Waals surface area contributed by atoms with Crippen LogP contribution in [0.4, 0.5) is 0 Å². The first kappa shape index (κ1) is 15.9. The molecule has 0 fully saturated rings. The molecule has 7 nitrogen and oxygen atoms in total. The number of carboxylic acid groups (broad SMARTS) is 1. The Morgan fingerprint density at radius 2 is 2.17 bits per heavy atom. The molecule has 0 aromatic heterocycles. The summed E-state index contributed by atoms with van der Waals surface area (Å²) >= 11 is 1.23. The summed E-state index contributed by atoms with van der Waals surface area (Å²) in [6.45, 7) is 0. The lowest BCUT2D eigenvalue weighted by Crippen LogP contribution is -2.04. The van der Waals surface area contributed by atoms with Gasteiger partial charge in [0.2, 0.25) is 0 Å². The Hall–Kier alpha value is -2.06. The molecule has 1 aromatic rings. The van der Waals surface area contributed by atoms with Crippen LogP contribution >= 0.6 is 11.8 Å². The maximum atomic E-state index is 10.7. The highest BCUT2D eigenvalue weighted by molar-refractivity contribution is 8.13. The number of aromatic carboxylic acids is 1. The molecule has 1 rings (SSSR count). The third kappa shape index (κ3) is 4.07. The molecule has 0 aliphatic heterocycles. The van der Waals surface area contributed by atoms with E-state index in [4.69, 9.17) is 10.8 Å². The summed E-state index contributed by atoms with van der Waals surface area (Å²) in [6, 6.07) is 4.33. The van der Waals surface area contributed by atoms with E-state index in [9.17, 15) is 9.90 Å². The van der Waals surface area contributed by atoms with Gasteiger partial charge in [0.05, 0.1) is 6.21 Å². The predicted octanol–water partition coefficient (Wildman–Crippen LogP) is 0.277. The van der Waals surface area contributed by atoms with Gasteiger partial charge in [-0.1, -0.05) is 17.8 Å². The van der Waals surface area contributed by atoms with Crippen LogP contribution in [0, 0.1) is 0 Å². The van der Waals surface area contributed by atoms with Crippen LogP contribution < -0.4 is 5.73 Å². The largest absolute Gasteiger partial charge is 0.506 e. The van der Waals surface area contributed by atoms with Gasteiger partial charge in [-0.2, -0.15) is 5.10 Å². The van der Waals surface area contributed by atoms with E-state index in [1.54, 1.807) is 6.26 Å². The molecular formula is C10H13N3O4S. The summed E-state index contributed by atoms with van der Waals surface area (Å²) in [7, 11) is 0. The van der Waals surface area contributed by atoms with Crippen molar-refractivity contribution in [2.24, 2.45) is 15.9 Å². The average Bonchev–Trinajstić information content (AvgIpc) is 2.30. The summed E-state index contributed by atoms with van der Waals surface area (Å²) in [4.78, 5) is 10.7. The summed E-state index contributed by atoms with van der Waals surface area (Å²) in [5, 5.41) is 25.9. The lowest BCUT2D eigenvalue weighted by Gasteiger charge is -2.01. The van der Waals surface area contributed by atoms with Crippen LogP contribution in [0.1, 0.15) is 15.9 Å². The summed E-state index contributed by atoms with van der Waals surface area (Å²) in [5.41, 5.74) is 5.48. The van der Waals surface area contributed by atoms with Crippen LogP contribution in [0.3, 0.4) is 0 Å². The first-order valence-corrected chi connectivity index (χ1v) is 5.74. The van der Waals surface area contributed by atoms with Crippen LogP contribution in [0.15, 0.2) is 28.4 Å². The van der Waals surface area contributed by atoms with E-state index < -0.39 is 5.97 Å². The minimum atomic E-state index is -1.20. The van der Waals surface area contributed by atoms with Gasteiger partial charge in [-0.15, -0.1) is 5.10 Å². The average molecular weight is 271 g/mol. The SMILES string of the molecule is CSC(N)=NN=Cc1cccc(C(=O)O)c1O.O. The third-order valence-electron chi connectivity index (χ3n) is 1.86. The van der Waals surface area contributed by atoms with Crippen molar-refractivity contribution in [2.75, 3.05) is 6.26 Å². The quantitative estimate of drug-likeness (QED) is 0.411. The minimum Gasteiger partial charge on any atom is -0.506 e. The van der Waals surface area contributed by atoms with Gasteiger partial charge in [-0.25, -0.2) is 4.79 Å². The molecule has 0 saturated carbocycles. The van der Waals surface area contributed by atoms with E-state index in [1.165, 1.54) is 36.2 Å². The van der Waals surface area contributed by atoms with E-state index in [1.807, 2.05) is 0 Å². The molecule has 0 atom stereocenters. The maximum Gasteiger partial charge on any atom is 0.339 e. The topological polar surface area (TPSA) is 140 Å². The molecule has 0 amide bonds. The molecular weight excluding hydrogens is 258 g/mol. The molecule has 0 aliphatic rings. The van der Waals surface area contributed by atoms with Crippen LogP contribution in [0.5, 0.6) is 5.75 Å². The number of para-hydroxylation sites is 1. The smallest absolute Gasteiger partial charge is 0.339 e. The highest BCUT2D eigenvalue weighted by Crippen LogP contribution is 2.20. The molecule has 0 aliphatic carbocycles. The van der Waals surface area contributed by atoms with Gasteiger partial charge in [0.25, 0.3) is 0 Å². The molecule has 0 saturated heterocycles. The molecule has 0 unspecified atom stereocenters. The Morgan fingerprint density at radius 1 is 1.50 bits per heavy atom. The first-order chi connectivity index (χ1) is 8.06. The number of hydrogen-bond donors (Lipinski definition) is 3. The normalized spacial score (nSPS) is 11.3. The molecule has 18 heavy (non-hydrogen) atoms. The molecule has 6 N–H and O–H groups in total. The van der Waals surface area contributed by atoms with Gasteiger partial charge in [-0.05, 0) is 18.4 Å². The zero-order valence-corrected chi connectivity index (χ0v) is 10.3. The summed E-state index contributed by atoms with van der Waals surface area (Å²) < 4.78 is 0. The van der Waals surface area contributed by atoms with E-state index in [0.717, 1.165) is 0 Å². The number of aromatic hydroxyl groups is 1. The molecule has 98 valence electrons. The second kappa shape index (κ2) is 7.30. The highest BCUT2D eigenvalue weighted by atomic mass is 32.2. The number of carboxylic acids is 1. The van der Waals surface area contributed by atoms with Crippen LogP contribution in [-0.2, 0) is 0 Å². The molecule has 0 radical (unpaired) electrons. The number of hydrogen-bond acceptors (Lipinski definition) is 5. The monoisotopic (exact) mass is 271 g/mol. The molecule has 0 bridgehead atoms. The van der Waals surface area contributed by atoms with Crippen LogP contribution in [0.2, 0.25) is 0 Å². The second-order valence-corrected chi connectivity index (χ2v) is 3.76. The van der Waals surface area contributed by atoms with E-state index in [-0.39, 0.29) is 27.5 Å². The van der Waals surface area contributed by atoms with Crippen molar-refractivity contribution in [1.82, 2.24) is 0 Å². The fourth-order valence-electron chi connectivity index (χ4n) is 1.03. The third-order valence-corrected chi connectivity index (χ3v) is 2.36.